The third kappa shape index (κ3) is 4.35. The molecule has 2 saturated heterocycles. The topological polar surface area (TPSA) is 70.6 Å². The molecule has 1 N–H and O–H groups in total. The van der Waals surface area contributed by atoms with Crippen LogP contribution in [-0.2, 0) is 4.74 Å². The largest absolute Gasteiger partial charge is 0.381 e. The van der Waals surface area contributed by atoms with Crippen LogP contribution in [0.1, 0.15) is 26.2 Å². The van der Waals surface area contributed by atoms with Gasteiger partial charge in [-0.2, -0.15) is 0 Å². The molecular formula is C17H27N5O2. The van der Waals surface area contributed by atoms with E-state index in [-0.39, 0.29) is 12.1 Å². The lowest BCUT2D eigenvalue weighted by atomic mass is 10.1. The van der Waals surface area contributed by atoms with Crippen molar-refractivity contribution in [2.24, 2.45) is 5.92 Å². The summed E-state index contributed by atoms with van der Waals surface area (Å²) in [6.45, 7) is 6.90. The smallest absolute Gasteiger partial charge is 0.317 e. The molecule has 0 saturated carbocycles. The van der Waals surface area contributed by atoms with Crippen LogP contribution in [0.2, 0.25) is 0 Å². The van der Waals surface area contributed by atoms with Gasteiger partial charge in [-0.3, -0.25) is 0 Å². The molecule has 3 rings (SSSR count). The normalized spacial score (nSPS) is 21.7. The molecule has 0 radical (unpaired) electrons. The summed E-state index contributed by atoms with van der Waals surface area (Å²) in [5.74, 6) is 1.26. The summed E-state index contributed by atoms with van der Waals surface area (Å²) in [7, 11) is 0. The molecule has 132 valence electrons. The van der Waals surface area contributed by atoms with E-state index in [9.17, 15) is 4.79 Å². The number of hydrogen-bond donors (Lipinski definition) is 1. The Kier molecular flexibility index (Phi) is 5.85. The average Bonchev–Trinajstić information content (AvgIpc) is 3.14. The van der Waals surface area contributed by atoms with E-state index in [1.807, 2.05) is 17.9 Å². The minimum Gasteiger partial charge on any atom is -0.381 e. The fraction of sp³-hybridized carbons (Fsp3) is 0.706. The van der Waals surface area contributed by atoms with Gasteiger partial charge in [-0.15, -0.1) is 0 Å². The number of carbonyl (C=O) groups excluding carboxylic acids is 1. The van der Waals surface area contributed by atoms with E-state index in [1.165, 1.54) is 0 Å². The molecule has 0 aliphatic carbocycles. The van der Waals surface area contributed by atoms with E-state index < -0.39 is 0 Å². The zero-order chi connectivity index (χ0) is 16.8. The maximum atomic E-state index is 12.5. The average molecular weight is 333 g/mol. The van der Waals surface area contributed by atoms with Crippen LogP contribution in [-0.4, -0.2) is 66.3 Å². The molecule has 24 heavy (non-hydrogen) atoms. The Bertz CT molecular complexity index is 513. The van der Waals surface area contributed by atoms with E-state index in [2.05, 4.69) is 20.2 Å². The van der Waals surface area contributed by atoms with Crippen molar-refractivity contribution in [3.05, 3.63) is 18.5 Å². The highest BCUT2D eigenvalue weighted by Crippen LogP contribution is 2.17. The van der Waals surface area contributed by atoms with Crippen molar-refractivity contribution >= 4 is 12.0 Å². The number of piperidine rings is 1. The van der Waals surface area contributed by atoms with Crippen molar-refractivity contribution in [2.75, 3.05) is 44.3 Å². The molecule has 2 amide bonds. The van der Waals surface area contributed by atoms with E-state index in [1.54, 1.807) is 12.4 Å². The first-order chi connectivity index (χ1) is 11.8. The predicted molar refractivity (Wildman–Crippen MR) is 92.0 cm³/mol. The quantitative estimate of drug-likeness (QED) is 0.884. The molecule has 2 fully saturated rings. The van der Waals surface area contributed by atoms with Gasteiger partial charge in [0.25, 0.3) is 0 Å². The number of rotatable bonds is 5. The van der Waals surface area contributed by atoms with Gasteiger partial charge in [0.2, 0.25) is 5.95 Å². The molecule has 1 aromatic heterocycles. The maximum absolute atomic E-state index is 12.5. The zero-order valence-electron chi connectivity index (χ0n) is 14.4. The van der Waals surface area contributed by atoms with Gasteiger partial charge in [0.05, 0.1) is 6.61 Å². The predicted octanol–water partition coefficient (Wildman–Crippen LogP) is 1.51. The van der Waals surface area contributed by atoms with Crippen LogP contribution < -0.4 is 10.2 Å². The van der Waals surface area contributed by atoms with Crippen LogP contribution in [0, 0.1) is 5.92 Å². The third-order valence-corrected chi connectivity index (χ3v) is 4.83. The molecule has 0 aromatic carbocycles. The number of aromatic nitrogens is 2. The Morgan fingerprint density at radius 2 is 2.08 bits per heavy atom. The van der Waals surface area contributed by atoms with Crippen molar-refractivity contribution in [2.45, 2.75) is 32.2 Å². The number of nitrogens with zero attached hydrogens (tertiary/aromatic N) is 4. The van der Waals surface area contributed by atoms with Crippen molar-refractivity contribution in [1.29, 1.82) is 0 Å². The number of anilines is 1. The van der Waals surface area contributed by atoms with Gasteiger partial charge in [-0.05, 0) is 32.3 Å². The van der Waals surface area contributed by atoms with Crippen LogP contribution in [0.4, 0.5) is 10.7 Å². The van der Waals surface area contributed by atoms with Crippen LogP contribution in [0.15, 0.2) is 18.5 Å². The number of nitrogens with one attached hydrogen (secondary N) is 1. The summed E-state index contributed by atoms with van der Waals surface area (Å²) in [4.78, 5) is 25.2. The highest BCUT2D eigenvalue weighted by molar-refractivity contribution is 5.74. The Hall–Kier alpha value is -1.89. The SMILES string of the molecule is CCN(CC1CCOC1)C(=O)NC1CCN(c2ncccn2)CC1. The molecule has 7 heteroatoms. The van der Waals surface area contributed by atoms with Crippen molar-refractivity contribution in [1.82, 2.24) is 20.2 Å². The number of ether oxygens (including phenoxy) is 1. The second-order valence-corrected chi connectivity index (χ2v) is 6.53. The van der Waals surface area contributed by atoms with Gasteiger partial charge in [-0.1, -0.05) is 0 Å². The summed E-state index contributed by atoms with van der Waals surface area (Å²) >= 11 is 0. The lowest BCUT2D eigenvalue weighted by molar-refractivity contribution is 0.164. The van der Waals surface area contributed by atoms with Gasteiger partial charge in [0.15, 0.2) is 0 Å². The molecule has 2 aliphatic rings. The fourth-order valence-corrected chi connectivity index (χ4v) is 3.34. The molecule has 0 spiro atoms. The van der Waals surface area contributed by atoms with E-state index >= 15 is 0 Å². The summed E-state index contributed by atoms with van der Waals surface area (Å²) in [6, 6.07) is 2.11. The fourth-order valence-electron chi connectivity index (χ4n) is 3.34. The minimum atomic E-state index is 0.0545. The number of amides is 2. The van der Waals surface area contributed by atoms with Gasteiger partial charge in [0, 0.05) is 57.1 Å². The number of carbonyl (C=O) groups is 1. The number of urea groups is 1. The summed E-state index contributed by atoms with van der Waals surface area (Å²) in [5.41, 5.74) is 0. The molecule has 0 bridgehead atoms. The second kappa shape index (κ2) is 8.28. The lowest BCUT2D eigenvalue weighted by Gasteiger charge is -2.34. The Morgan fingerprint density at radius 1 is 1.33 bits per heavy atom. The van der Waals surface area contributed by atoms with Gasteiger partial charge >= 0.3 is 6.03 Å². The van der Waals surface area contributed by atoms with E-state index in [0.717, 1.165) is 64.6 Å². The maximum Gasteiger partial charge on any atom is 0.317 e. The molecular weight excluding hydrogens is 306 g/mol. The van der Waals surface area contributed by atoms with Crippen molar-refractivity contribution in [3.63, 3.8) is 0 Å². The van der Waals surface area contributed by atoms with Crippen molar-refractivity contribution in [3.8, 4) is 0 Å². The highest BCUT2D eigenvalue weighted by Gasteiger charge is 2.25. The molecule has 1 unspecified atom stereocenters. The van der Waals surface area contributed by atoms with Crippen LogP contribution in [0.25, 0.3) is 0 Å². The highest BCUT2D eigenvalue weighted by atomic mass is 16.5. The number of hydrogen-bond acceptors (Lipinski definition) is 5. The molecule has 2 aliphatic heterocycles. The Labute approximate surface area is 143 Å². The first kappa shape index (κ1) is 17.0. The van der Waals surface area contributed by atoms with Crippen LogP contribution >= 0.6 is 0 Å². The molecule has 1 aromatic rings. The summed E-state index contributed by atoms with van der Waals surface area (Å²) in [5, 5.41) is 3.19. The Balaban J connectivity index is 1.45. The van der Waals surface area contributed by atoms with Crippen LogP contribution in [0.3, 0.4) is 0 Å². The zero-order valence-corrected chi connectivity index (χ0v) is 14.4. The first-order valence-corrected chi connectivity index (χ1v) is 8.91. The minimum absolute atomic E-state index is 0.0545. The lowest BCUT2D eigenvalue weighted by Crippen LogP contribution is -2.50. The van der Waals surface area contributed by atoms with E-state index in [0.29, 0.717) is 5.92 Å². The standard InChI is InChI=1S/C17H27N5O2/c1-2-21(12-14-6-11-24-13-14)17(23)20-15-4-9-22(10-5-15)16-18-7-3-8-19-16/h3,7-8,14-15H,2,4-6,9-13H2,1H3,(H,20,23). The first-order valence-electron chi connectivity index (χ1n) is 8.91. The van der Waals surface area contributed by atoms with Gasteiger partial charge in [0.1, 0.15) is 0 Å². The summed E-state index contributed by atoms with van der Waals surface area (Å²) < 4.78 is 5.41. The monoisotopic (exact) mass is 333 g/mol. The van der Waals surface area contributed by atoms with E-state index in [4.69, 9.17) is 4.74 Å². The molecule has 7 nitrogen and oxygen atoms in total. The van der Waals surface area contributed by atoms with Gasteiger partial charge in [-0.25, -0.2) is 14.8 Å². The summed E-state index contributed by atoms with van der Waals surface area (Å²) in [6.07, 6.45) is 6.44. The van der Waals surface area contributed by atoms with Gasteiger partial charge < -0.3 is 19.9 Å². The molecule has 3 heterocycles. The second-order valence-electron chi connectivity index (χ2n) is 6.53. The Morgan fingerprint density at radius 3 is 2.71 bits per heavy atom. The molecule has 1 atom stereocenters. The van der Waals surface area contributed by atoms with Crippen LogP contribution in [0.5, 0.6) is 0 Å². The third-order valence-electron chi connectivity index (χ3n) is 4.83. The van der Waals surface area contributed by atoms with Crippen molar-refractivity contribution < 1.29 is 9.53 Å².